The van der Waals surface area contributed by atoms with Gasteiger partial charge in [-0.05, 0) is 54.5 Å². The summed E-state index contributed by atoms with van der Waals surface area (Å²) in [6.45, 7) is 2.54. The van der Waals surface area contributed by atoms with Crippen molar-refractivity contribution < 1.29 is 9.53 Å². The SMILES string of the molecule is COc1ccc2c(c1)nc(-c1ccc(-c3ccc4cn[nH]c4c3)cc1)n2C[C@@H]1CCN(C(=O)C2CC2)C1. The number of aromatic amines is 1. The van der Waals surface area contributed by atoms with Crippen molar-refractivity contribution in [3.05, 3.63) is 66.9 Å². The Morgan fingerprint density at radius 3 is 2.62 bits per heavy atom. The molecule has 1 saturated carbocycles. The number of rotatable bonds is 6. The number of benzene rings is 3. The molecule has 2 fully saturated rings. The van der Waals surface area contributed by atoms with Crippen LogP contribution in [0.1, 0.15) is 19.3 Å². The number of aromatic nitrogens is 4. The Hall–Kier alpha value is -4.13. The molecule has 186 valence electrons. The molecule has 0 radical (unpaired) electrons. The van der Waals surface area contributed by atoms with Gasteiger partial charge >= 0.3 is 0 Å². The quantitative estimate of drug-likeness (QED) is 0.340. The van der Waals surface area contributed by atoms with Crippen LogP contribution in [0.3, 0.4) is 0 Å². The van der Waals surface area contributed by atoms with Crippen LogP contribution in [-0.4, -0.2) is 50.8 Å². The summed E-state index contributed by atoms with van der Waals surface area (Å²) in [4.78, 5) is 19.8. The Balaban J connectivity index is 1.22. The average Bonchev–Trinajstić information content (AvgIpc) is 3.33. The van der Waals surface area contributed by atoms with Crippen LogP contribution in [0.5, 0.6) is 5.75 Å². The van der Waals surface area contributed by atoms with E-state index in [1.54, 1.807) is 7.11 Å². The van der Waals surface area contributed by atoms with Gasteiger partial charge in [-0.25, -0.2) is 4.98 Å². The number of carbonyl (C=O) groups is 1. The third-order valence-electron chi connectivity index (χ3n) is 7.84. The van der Waals surface area contributed by atoms with Gasteiger partial charge in [-0.15, -0.1) is 0 Å². The van der Waals surface area contributed by atoms with Crippen molar-refractivity contribution in [3.8, 4) is 28.3 Å². The molecular formula is C30H29N5O2. The second-order valence-corrected chi connectivity index (χ2v) is 10.4. The Bertz CT molecular complexity index is 1610. The number of fused-ring (bicyclic) bond motifs is 2. The zero-order valence-corrected chi connectivity index (χ0v) is 20.9. The first kappa shape index (κ1) is 22.1. The van der Waals surface area contributed by atoms with Crippen LogP contribution >= 0.6 is 0 Å². The topological polar surface area (TPSA) is 76.0 Å². The number of hydrogen-bond donors (Lipinski definition) is 1. The largest absolute Gasteiger partial charge is 0.497 e. The van der Waals surface area contributed by atoms with Crippen molar-refractivity contribution in [2.75, 3.05) is 20.2 Å². The molecule has 1 N–H and O–H groups in total. The summed E-state index contributed by atoms with van der Waals surface area (Å²) >= 11 is 0. The second kappa shape index (κ2) is 8.76. The second-order valence-electron chi connectivity index (χ2n) is 10.4. The van der Waals surface area contributed by atoms with Crippen LogP contribution in [0, 0.1) is 11.8 Å². The molecule has 0 spiro atoms. The first-order valence-corrected chi connectivity index (χ1v) is 13.0. The summed E-state index contributed by atoms with van der Waals surface area (Å²) in [7, 11) is 1.68. The number of methoxy groups -OCH3 is 1. The molecule has 1 saturated heterocycles. The minimum atomic E-state index is 0.281. The Morgan fingerprint density at radius 1 is 1.00 bits per heavy atom. The van der Waals surface area contributed by atoms with E-state index < -0.39 is 0 Å². The van der Waals surface area contributed by atoms with Crippen LogP contribution in [0.25, 0.3) is 44.5 Å². The first-order chi connectivity index (χ1) is 18.2. The molecule has 2 aromatic heterocycles. The van der Waals surface area contributed by atoms with E-state index in [-0.39, 0.29) is 5.92 Å². The molecule has 37 heavy (non-hydrogen) atoms. The van der Waals surface area contributed by atoms with E-state index in [2.05, 4.69) is 68.2 Å². The Labute approximate surface area is 215 Å². The number of nitrogens with zero attached hydrogens (tertiary/aromatic N) is 4. The lowest BCUT2D eigenvalue weighted by molar-refractivity contribution is -0.131. The third-order valence-corrected chi connectivity index (χ3v) is 7.84. The highest BCUT2D eigenvalue weighted by Gasteiger charge is 2.36. The maximum Gasteiger partial charge on any atom is 0.225 e. The van der Waals surface area contributed by atoms with E-state index in [0.717, 1.165) is 89.1 Å². The maximum atomic E-state index is 12.6. The summed E-state index contributed by atoms with van der Waals surface area (Å²) in [5.41, 5.74) is 6.42. The van der Waals surface area contributed by atoms with Crippen molar-refractivity contribution in [2.45, 2.75) is 25.8 Å². The van der Waals surface area contributed by atoms with Gasteiger partial charge in [0.2, 0.25) is 5.91 Å². The summed E-state index contributed by atoms with van der Waals surface area (Å²) in [5, 5.41) is 8.29. The van der Waals surface area contributed by atoms with Gasteiger partial charge in [0.15, 0.2) is 0 Å². The van der Waals surface area contributed by atoms with Gasteiger partial charge in [-0.3, -0.25) is 9.89 Å². The highest BCUT2D eigenvalue weighted by Crippen LogP contribution is 2.35. The highest BCUT2D eigenvalue weighted by atomic mass is 16.5. The van der Waals surface area contributed by atoms with Crippen molar-refractivity contribution in [2.24, 2.45) is 11.8 Å². The van der Waals surface area contributed by atoms with Crippen LogP contribution in [0.2, 0.25) is 0 Å². The molecule has 7 rings (SSSR count). The molecule has 7 nitrogen and oxygen atoms in total. The fraction of sp³-hybridized carbons (Fsp3) is 0.300. The van der Waals surface area contributed by atoms with Crippen molar-refractivity contribution >= 4 is 27.8 Å². The van der Waals surface area contributed by atoms with Gasteiger partial charge in [0.25, 0.3) is 0 Å². The fourth-order valence-electron chi connectivity index (χ4n) is 5.60. The monoisotopic (exact) mass is 491 g/mol. The smallest absolute Gasteiger partial charge is 0.225 e. The van der Waals surface area contributed by atoms with Crippen molar-refractivity contribution in [1.82, 2.24) is 24.6 Å². The van der Waals surface area contributed by atoms with E-state index in [0.29, 0.717) is 11.8 Å². The summed E-state index contributed by atoms with van der Waals surface area (Å²) in [6, 6.07) is 21.1. The molecule has 1 atom stereocenters. The first-order valence-electron chi connectivity index (χ1n) is 13.0. The van der Waals surface area contributed by atoms with Gasteiger partial charge in [0, 0.05) is 42.6 Å². The van der Waals surface area contributed by atoms with E-state index >= 15 is 0 Å². The van der Waals surface area contributed by atoms with E-state index in [1.165, 1.54) is 0 Å². The van der Waals surface area contributed by atoms with E-state index in [9.17, 15) is 4.79 Å². The molecular weight excluding hydrogens is 462 g/mol. The number of imidazole rings is 1. The summed E-state index contributed by atoms with van der Waals surface area (Å²) in [5.74, 6) is 2.80. The van der Waals surface area contributed by atoms with Gasteiger partial charge in [0.1, 0.15) is 11.6 Å². The van der Waals surface area contributed by atoms with Crippen molar-refractivity contribution in [1.29, 1.82) is 0 Å². The number of H-pyrrole nitrogens is 1. The minimum Gasteiger partial charge on any atom is -0.497 e. The van der Waals surface area contributed by atoms with Crippen molar-refractivity contribution in [3.63, 3.8) is 0 Å². The third kappa shape index (κ3) is 4.04. The van der Waals surface area contributed by atoms with Gasteiger partial charge < -0.3 is 14.2 Å². The number of carbonyl (C=O) groups excluding carboxylic acids is 1. The highest BCUT2D eigenvalue weighted by molar-refractivity contribution is 5.85. The van der Waals surface area contributed by atoms with Gasteiger partial charge in [0.05, 0.1) is 29.9 Å². The maximum absolute atomic E-state index is 12.6. The predicted octanol–water partition coefficient (Wildman–Crippen LogP) is 5.51. The predicted molar refractivity (Wildman–Crippen MR) is 144 cm³/mol. The lowest BCUT2D eigenvalue weighted by Gasteiger charge is -2.18. The van der Waals surface area contributed by atoms with Gasteiger partial charge in [-0.1, -0.05) is 36.4 Å². The zero-order chi connectivity index (χ0) is 24.9. The standard InChI is InChI=1S/C30H29N5O2/c1-37-25-10-11-28-27(15-25)32-29(35(28)18-19-12-13-34(17-19)30(36)22-6-7-22)21-4-2-20(3-5-21)23-8-9-24-16-31-33-26(24)14-23/h2-5,8-11,14-16,19,22H,6-7,12-13,17-18H2,1H3,(H,31,33)/t19-/m1/s1. The molecule has 7 heteroatoms. The lowest BCUT2D eigenvalue weighted by atomic mass is 10.0. The van der Waals surface area contributed by atoms with E-state index in [4.69, 9.17) is 9.72 Å². The molecule has 3 heterocycles. The summed E-state index contributed by atoms with van der Waals surface area (Å²) < 4.78 is 7.80. The Morgan fingerprint density at radius 2 is 1.81 bits per heavy atom. The van der Waals surface area contributed by atoms with Crippen LogP contribution in [-0.2, 0) is 11.3 Å². The number of hydrogen-bond acceptors (Lipinski definition) is 4. The summed E-state index contributed by atoms with van der Waals surface area (Å²) in [6.07, 6.45) is 4.99. The number of amides is 1. The normalized spacial score (nSPS) is 17.6. The molecule has 5 aromatic rings. The fourth-order valence-corrected chi connectivity index (χ4v) is 5.60. The molecule has 0 bridgehead atoms. The molecule has 1 amide bonds. The number of nitrogens with one attached hydrogen (secondary N) is 1. The Kier molecular flexibility index (Phi) is 5.23. The zero-order valence-electron chi connectivity index (χ0n) is 20.9. The van der Waals surface area contributed by atoms with Crippen LogP contribution in [0.4, 0.5) is 0 Å². The molecule has 1 aliphatic heterocycles. The molecule has 1 aliphatic carbocycles. The van der Waals surface area contributed by atoms with Crippen LogP contribution < -0.4 is 4.74 Å². The molecule has 2 aliphatic rings. The van der Waals surface area contributed by atoms with E-state index in [1.807, 2.05) is 18.3 Å². The van der Waals surface area contributed by atoms with Gasteiger partial charge in [-0.2, -0.15) is 5.10 Å². The molecule has 3 aromatic carbocycles. The molecule has 0 unspecified atom stereocenters. The van der Waals surface area contributed by atoms with Crippen LogP contribution in [0.15, 0.2) is 66.9 Å². The number of likely N-dealkylation sites (tertiary alicyclic amines) is 1. The minimum absolute atomic E-state index is 0.281. The lowest BCUT2D eigenvalue weighted by Crippen LogP contribution is -2.30. The average molecular weight is 492 g/mol. The number of ether oxygens (including phenoxy) is 1.